The molecule has 0 bridgehead atoms. The summed E-state index contributed by atoms with van der Waals surface area (Å²) in [7, 11) is 2.14. The van der Waals surface area contributed by atoms with Gasteiger partial charge < -0.3 is 9.74 Å². The normalized spacial score (nSPS) is 17.2. The lowest BCUT2D eigenvalue weighted by Gasteiger charge is -2.19. The molecule has 0 amide bonds. The van der Waals surface area contributed by atoms with Crippen molar-refractivity contribution in [1.82, 2.24) is 14.7 Å². The van der Waals surface area contributed by atoms with Gasteiger partial charge in [0.05, 0.1) is 11.4 Å². The maximum absolute atomic E-state index is 5.61. The Kier molecular flexibility index (Phi) is 5.30. The molecule has 0 fully saturated rings. The van der Waals surface area contributed by atoms with Crippen LogP contribution >= 0.6 is 0 Å². The Morgan fingerprint density at radius 3 is 2.75 bits per heavy atom. The van der Waals surface area contributed by atoms with Gasteiger partial charge in [-0.2, -0.15) is 5.10 Å². The molecule has 1 aromatic carbocycles. The Bertz CT molecular complexity index is 693. The van der Waals surface area contributed by atoms with E-state index < -0.39 is 0 Å². The number of hydrogen-bond donors (Lipinski definition) is 0. The van der Waals surface area contributed by atoms with Gasteiger partial charge in [-0.1, -0.05) is 35.5 Å². The molecule has 24 heavy (non-hydrogen) atoms. The van der Waals surface area contributed by atoms with Crippen LogP contribution in [0, 0.1) is 13.8 Å². The predicted molar refractivity (Wildman–Crippen MR) is 96.3 cm³/mol. The molecule has 0 aliphatic carbocycles. The molecule has 1 atom stereocenters. The fraction of sp³-hybridized carbons (Fsp3) is 0.474. The fourth-order valence-electron chi connectivity index (χ4n) is 3.16. The Morgan fingerprint density at radius 2 is 2.04 bits per heavy atom. The maximum Gasteiger partial charge on any atom is 0.145 e. The number of aryl methyl sites for hydroxylation is 3. The van der Waals surface area contributed by atoms with Crippen molar-refractivity contribution in [2.75, 3.05) is 20.1 Å². The third kappa shape index (κ3) is 4.23. The summed E-state index contributed by atoms with van der Waals surface area (Å²) in [6, 6.07) is 12.4. The summed E-state index contributed by atoms with van der Waals surface area (Å²) in [5, 5.41) is 8.77. The van der Waals surface area contributed by atoms with E-state index >= 15 is 0 Å². The van der Waals surface area contributed by atoms with Crippen LogP contribution in [0.25, 0.3) is 0 Å². The highest BCUT2D eigenvalue weighted by molar-refractivity contribution is 6.01. The van der Waals surface area contributed by atoms with Crippen molar-refractivity contribution in [1.29, 1.82) is 0 Å². The van der Waals surface area contributed by atoms with E-state index in [2.05, 4.69) is 52.0 Å². The van der Waals surface area contributed by atoms with E-state index in [1.54, 1.807) is 0 Å². The average Bonchev–Trinajstić information content (AvgIpc) is 3.15. The van der Waals surface area contributed by atoms with Crippen molar-refractivity contribution < 1.29 is 4.84 Å². The second kappa shape index (κ2) is 7.62. The van der Waals surface area contributed by atoms with Gasteiger partial charge in [-0.05, 0) is 45.5 Å². The summed E-state index contributed by atoms with van der Waals surface area (Å²) < 4.78 is 2.09. The van der Waals surface area contributed by atoms with Crippen molar-refractivity contribution in [3.63, 3.8) is 0 Å². The number of likely N-dealkylation sites (N-methyl/N-ethyl adjacent to an activating group) is 1. The minimum atomic E-state index is 0.152. The molecule has 5 nitrogen and oxygen atoms in total. The molecule has 0 spiro atoms. The molecular weight excluding hydrogens is 300 g/mol. The molecule has 1 unspecified atom stereocenters. The summed E-state index contributed by atoms with van der Waals surface area (Å²) in [6.07, 6.45) is 2.11. The van der Waals surface area contributed by atoms with Crippen LogP contribution < -0.4 is 0 Å². The molecule has 0 saturated carbocycles. The van der Waals surface area contributed by atoms with Gasteiger partial charge in [0.2, 0.25) is 0 Å². The van der Waals surface area contributed by atoms with Crippen molar-refractivity contribution in [3.05, 3.63) is 53.3 Å². The molecule has 0 saturated heterocycles. The van der Waals surface area contributed by atoms with E-state index in [1.165, 1.54) is 5.69 Å². The molecule has 3 rings (SSSR count). The number of benzene rings is 1. The van der Waals surface area contributed by atoms with Gasteiger partial charge in [0.15, 0.2) is 0 Å². The van der Waals surface area contributed by atoms with Crippen LogP contribution in [-0.2, 0) is 11.4 Å². The first kappa shape index (κ1) is 16.7. The lowest BCUT2D eigenvalue weighted by molar-refractivity contribution is 0.0588. The lowest BCUT2D eigenvalue weighted by Crippen LogP contribution is -2.30. The number of aromatic nitrogens is 2. The zero-order valence-corrected chi connectivity index (χ0v) is 14.8. The second-order valence-corrected chi connectivity index (χ2v) is 6.60. The highest BCUT2D eigenvalue weighted by Gasteiger charge is 2.23. The Hall–Kier alpha value is -2.14. The molecule has 0 N–H and O–H groups in total. The Labute approximate surface area is 143 Å². The van der Waals surface area contributed by atoms with Crippen LogP contribution in [0.15, 0.2) is 41.6 Å². The first-order chi connectivity index (χ1) is 11.6. The molecular formula is C19H26N4O. The quantitative estimate of drug-likeness (QED) is 0.785. The largest absolute Gasteiger partial charge is 0.390 e. The second-order valence-electron chi connectivity index (χ2n) is 6.60. The van der Waals surface area contributed by atoms with E-state index in [4.69, 9.17) is 4.84 Å². The average molecular weight is 326 g/mol. The van der Waals surface area contributed by atoms with Gasteiger partial charge >= 0.3 is 0 Å². The lowest BCUT2D eigenvalue weighted by atomic mass is 10.1. The van der Waals surface area contributed by atoms with E-state index in [1.807, 2.05) is 25.1 Å². The monoisotopic (exact) mass is 326 g/mol. The highest BCUT2D eigenvalue weighted by Crippen LogP contribution is 2.17. The summed E-state index contributed by atoms with van der Waals surface area (Å²) >= 11 is 0. The van der Waals surface area contributed by atoms with Crippen molar-refractivity contribution in [2.24, 2.45) is 5.16 Å². The highest BCUT2D eigenvalue weighted by atomic mass is 16.6. The van der Waals surface area contributed by atoms with Gasteiger partial charge in [0, 0.05) is 25.2 Å². The Morgan fingerprint density at radius 1 is 1.25 bits per heavy atom. The van der Waals surface area contributed by atoms with Crippen molar-refractivity contribution >= 4 is 5.71 Å². The molecule has 1 aliphatic heterocycles. The third-order valence-corrected chi connectivity index (χ3v) is 4.37. The van der Waals surface area contributed by atoms with Gasteiger partial charge in [-0.3, -0.25) is 4.68 Å². The van der Waals surface area contributed by atoms with Crippen molar-refractivity contribution in [2.45, 2.75) is 39.3 Å². The molecule has 1 aliphatic rings. The smallest absolute Gasteiger partial charge is 0.145 e. The van der Waals surface area contributed by atoms with Gasteiger partial charge in [-0.15, -0.1) is 0 Å². The summed E-state index contributed by atoms with van der Waals surface area (Å²) in [5.74, 6) is 0. The molecule has 0 radical (unpaired) electrons. The number of oxime groups is 1. The van der Waals surface area contributed by atoms with Crippen LogP contribution in [0.5, 0.6) is 0 Å². The summed E-state index contributed by atoms with van der Waals surface area (Å²) in [5.41, 5.74) is 4.53. The van der Waals surface area contributed by atoms with Crippen LogP contribution in [0.2, 0.25) is 0 Å². The molecule has 2 heterocycles. The summed E-state index contributed by atoms with van der Waals surface area (Å²) in [6.45, 7) is 7.03. The minimum Gasteiger partial charge on any atom is -0.390 e. The SMILES string of the molecule is Cc1cc(C)n(CCCN(C)CC2CC(c3ccccc3)=NO2)n1. The maximum atomic E-state index is 5.61. The summed E-state index contributed by atoms with van der Waals surface area (Å²) in [4.78, 5) is 7.93. The number of hydrogen-bond acceptors (Lipinski definition) is 4. The fourth-order valence-corrected chi connectivity index (χ4v) is 3.16. The zero-order valence-electron chi connectivity index (χ0n) is 14.8. The van der Waals surface area contributed by atoms with Crippen molar-refractivity contribution in [3.8, 4) is 0 Å². The number of rotatable bonds is 7. The van der Waals surface area contributed by atoms with Gasteiger partial charge in [0.1, 0.15) is 6.10 Å². The van der Waals surface area contributed by atoms with Crippen LogP contribution in [-0.4, -0.2) is 46.6 Å². The van der Waals surface area contributed by atoms with E-state index in [0.717, 1.165) is 49.4 Å². The topological polar surface area (TPSA) is 42.7 Å². The van der Waals surface area contributed by atoms with E-state index in [9.17, 15) is 0 Å². The first-order valence-corrected chi connectivity index (χ1v) is 8.59. The molecule has 128 valence electrons. The van der Waals surface area contributed by atoms with E-state index in [0.29, 0.717) is 0 Å². The molecule has 1 aromatic heterocycles. The molecule has 5 heteroatoms. The zero-order chi connectivity index (χ0) is 16.9. The van der Waals surface area contributed by atoms with Crippen LogP contribution in [0.3, 0.4) is 0 Å². The predicted octanol–water partition coefficient (Wildman–Crippen LogP) is 3.02. The van der Waals surface area contributed by atoms with Crippen LogP contribution in [0.1, 0.15) is 29.8 Å². The minimum absolute atomic E-state index is 0.152. The van der Waals surface area contributed by atoms with E-state index in [-0.39, 0.29) is 6.10 Å². The van der Waals surface area contributed by atoms with Gasteiger partial charge in [-0.25, -0.2) is 0 Å². The first-order valence-electron chi connectivity index (χ1n) is 8.59. The third-order valence-electron chi connectivity index (χ3n) is 4.37. The standard InChI is InChI=1S/C19H26N4O/c1-15-12-16(2)23(20-15)11-7-10-22(3)14-18-13-19(21-24-18)17-8-5-4-6-9-17/h4-6,8-9,12,18H,7,10-11,13-14H2,1-3H3. The Balaban J connectivity index is 1.40. The number of nitrogens with zero attached hydrogens (tertiary/aromatic N) is 4. The molecule has 2 aromatic rings. The van der Waals surface area contributed by atoms with Crippen LogP contribution in [0.4, 0.5) is 0 Å². The van der Waals surface area contributed by atoms with Gasteiger partial charge in [0.25, 0.3) is 0 Å².